The van der Waals surface area contributed by atoms with Crippen molar-refractivity contribution in [1.82, 2.24) is 9.36 Å². The summed E-state index contributed by atoms with van der Waals surface area (Å²) in [6.07, 6.45) is 6.69. The highest BCUT2D eigenvalue weighted by Gasteiger charge is 2.24. The molecular formula is C10H15IN2S. The Morgan fingerprint density at radius 1 is 1.50 bits per heavy atom. The first-order chi connectivity index (χ1) is 6.79. The largest absolute Gasteiger partial charge is 0.213 e. The Kier molecular flexibility index (Phi) is 3.76. The standard InChI is InChI=1S/C10H15IN2S/c1-2-7-4-3-5-8(6-7)9-12-10(11)14-13-9/h7-8H,2-6H2,1H3. The maximum Gasteiger partial charge on any atom is 0.173 e. The molecule has 1 fully saturated rings. The predicted octanol–water partition coefficient (Wildman–Crippen LogP) is 3.83. The van der Waals surface area contributed by atoms with E-state index in [1.165, 1.54) is 43.6 Å². The zero-order chi connectivity index (χ0) is 9.97. The molecule has 0 aliphatic heterocycles. The summed E-state index contributed by atoms with van der Waals surface area (Å²) in [5.74, 6) is 2.67. The van der Waals surface area contributed by atoms with E-state index in [9.17, 15) is 0 Å². The molecule has 1 saturated carbocycles. The normalized spacial score (nSPS) is 27.9. The second kappa shape index (κ2) is 4.88. The van der Waals surface area contributed by atoms with Gasteiger partial charge < -0.3 is 0 Å². The molecular weight excluding hydrogens is 307 g/mol. The molecule has 0 amide bonds. The van der Waals surface area contributed by atoms with Crippen molar-refractivity contribution in [2.45, 2.75) is 44.9 Å². The topological polar surface area (TPSA) is 25.8 Å². The molecule has 1 heterocycles. The molecule has 1 aromatic heterocycles. The minimum atomic E-state index is 0.647. The lowest BCUT2D eigenvalue weighted by Gasteiger charge is -2.26. The van der Waals surface area contributed by atoms with Gasteiger partial charge in [-0.2, -0.15) is 4.37 Å². The summed E-state index contributed by atoms with van der Waals surface area (Å²) >= 11 is 3.79. The van der Waals surface area contributed by atoms with Gasteiger partial charge in [0, 0.05) is 5.92 Å². The molecule has 2 unspecified atom stereocenters. The second-order valence-electron chi connectivity index (χ2n) is 4.04. The maximum absolute atomic E-state index is 4.50. The smallest absolute Gasteiger partial charge is 0.173 e. The van der Waals surface area contributed by atoms with Crippen molar-refractivity contribution in [2.24, 2.45) is 5.92 Å². The van der Waals surface area contributed by atoms with E-state index in [0.717, 1.165) is 14.8 Å². The maximum atomic E-state index is 4.50. The average Bonchev–Trinajstić information content (AvgIpc) is 2.65. The summed E-state index contributed by atoms with van der Waals surface area (Å²) in [4.78, 5) is 4.50. The van der Waals surface area contributed by atoms with E-state index in [-0.39, 0.29) is 0 Å². The highest BCUT2D eigenvalue weighted by atomic mass is 127. The van der Waals surface area contributed by atoms with E-state index < -0.39 is 0 Å². The molecule has 1 aromatic rings. The number of nitrogens with zero attached hydrogens (tertiary/aromatic N) is 2. The fourth-order valence-corrected chi connectivity index (χ4v) is 3.31. The van der Waals surface area contributed by atoms with Crippen molar-refractivity contribution in [3.8, 4) is 0 Å². The quantitative estimate of drug-likeness (QED) is 0.774. The van der Waals surface area contributed by atoms with Gasteiger partial charge in [0.1, 0.15) is 5.82 Å². The summed E-state index contributed by atoms with van der Waals surface area (Å²) < 4.78 is 5.51. The third-order valence-corrected chi connectivity index (χ3v) is 4.49. The van der Waals surface area contributed by atoms with E-state index in [1.54, 1.807) is 0 Å². The van der Waals surface area contributed by atoms with Crippen LogP contribution >= 0.6 is 34.1 Å². The zero-order valence-electron chi connectivity index (χ0n) is 8.37. The minimum Gasteiger partial charge on any atom is -0.213 e. The first kappa shape index (κ1) is 10.8. The van der Waals surface area contributed by atoms with Crippen LogP contribution in [0.25, 0.3) is 0 Å². The van der Waals surface area contributed by atoms with Crippen LogP contribution in [0.15, 0.2) is 0 Å². The van der Waals surface area contributed by atoms with E-state index in [0.29, 0.717) is 5.92 Å². The third-order valence-electron chi connectivity index (χ3n) is 3.14. The SMILES string of the molecule is CCC1CCCC(c2nsc(I)n2)C1. The molecule has 2 nitrogen and oxygen atoms in total. The fraction of sp³-hybridized carbons (Fsp3) is 0.800. The number of hydrogen-bond donors (Lipinski definition) is 0. The summed E-state index contributed by atoms with van der Waals surface area (Å²) in [5.41, 5.74) is 0. The van der Waals surface area contributed by atoms with Crippen LogP contribution in [-0.2, 0) is 0 Å². The van der Waals surface area contributed by atoms with Crippen LogP contribution in [0, 0.1) is 8.93 Å². The molecule has 0 radical (unpaired) electrons. The van der Waals surface area contributed by atoms with Crippen LogP contribution in [0.3, 0.4) is 0 Å². The molecule has 0 bridgehead atoms. The molecule has 2 rings (SSSR count). The van der Waals surface area contributed by atoms with Crippen molar-refractivity contribution >= 4 is 34.1 Å². The predicted molar refractivity (Wildman–Crippen MR) is 67.6 cm³/mol. The summed E-state index contributed by atoms with van der Waals surface area (Å²) in [6, 6.07) is 0. The summed E-state index contributed by atoms with van der Waals surface area (Å²) in [5, 5.41) is 0. The summed E-state index contributed by atoms with van der Waals surface area (Å²) in [7, 11) is 0. The van der Waals surface area contributed by atoms with Gasteiger partial charge in [-0.1, -0.05) is 26.2 Å². The zero-order valence-corrected chi connectivity index (χ0v) is 11.3. The number of aromatic nitrogens is 2. The molecule has 0 N–H and O–H groups in total. The van der Waals surface area contributed by atoms with Gasteiger partial charge in [-0.05, 0) is 52.9 Å². The highest BCUT2D eigenvalue weighted by molar-refractivity contribution is 14.1. The molecule has 2 atom stereocenters. The van der Waals surface area contributed by atoms with Gasteiger partial charge in [0.25, 0.3) is 0 Å². The van der Waals surface area contributed by atoms with Crippen molar-refractivity contribution in [2.75, 3.05) is 0 Å². The van der Waals surface area contributed by atoms with Gasteiger partial charge in [0.15, 0.2) is 3.01 Å². The van der Waals surface area contributed by atoms with E-state index in [2.05, 4.69) is 38.9 Å². The molecule has 14 heavy (non-hydrogen) atoms. The van der Waals surface area contributed by atoms with Gasteiger partial charge in [0.05, 0.1) is 0 Å². The van der Waals surface area contributed by atoms with E-state index in [1.807, 2.05) is 0 Å². The van der Waals surface area contributed by atoms with Crippen molar-refractivity contribution in [3.05, 3.63) is 8.84 Å². The molecule has 1 aliphatic rings. The molecule has 1 aliphatic carbocycles. The molecule has 78 valence electrons. The summed E-state index contributed by atoms with van der Waals surface area (Å²) in [6.45, 7) is 2.30. The van der Waals surface area contributed by atoms with Gasteiger partial charge >= 0.3 is 0 Å². The van der Waals surface area contributed by atoms with Gasteiger partial charge in [-0.25, -0.2) is 4.98 Å². The van der Waals surface area contributed by atoms with Gasteiger partial charge in [-0.3, -0.25) is 0 Å². The Bertz CT molecular complexity index is 300. The van der Waals surface area contributed by atoms with E-state index in [4.69, 9.17) is 0 Å². The average molecular weight is 322 g/mol. The Labute approximate surface area is 103 Å². The Morgan fingerprint density at radius 3 is 3.00 bits per heavy atom. The Balaban J connectivity index is 2.04. The van der Waals surface area contributed by atoms with Crippen LogP contribution in [0.5, 0.6) is 0 Å². The first-order valence-electron chi connectivity index (χ1n) is 5.28. The van der Waals surface area contributed by atoms with Crippen LogP contribution in [-0.4, -0.2) is 9.36 Å². The Morgan fingerprint density at radius 2 is 2.36 bits per heavy atom. The molecule has 0 spiro atoms. The monoisotopic (exact) mass is 322 g/mol. The number of hydrogen-bond acceptors (Lipinski definition) is 3. The lowest BCUT2D eigenvalue weighted by atomic mass is 9.80. The second-order valence-corrected chi connectivity index (χ2v) is 6.55. The lowest BCUT2D eigenvalue weighted by molar-refractivity contribution is 0.308. The minimum absolute atomic E-state index is 0.647. The highest BCUT2D eigenvalue weighted by Crippen LogP contribution is 2.36. The van der Waals surface area contributed by atoms with Crippen LogP contribution in [0.4, 0.5) is 0 Å². The van der Waals surface area contributed by atoms with Crippen LogP contribution < -0.4 is 0 Å². The van der Waals surface area contributed by atoms with Gasteiger partial charge in [0.2, 0.25) is 0 Å². The van der Waals surface area contributed by atoms with Crippen molar-refractivity contribution in [3.63, 3.8) is 0 Å². The fourth-order valence-electron chi connectivity index (χ4n) is 2.28. The van der Waals surface area contributed by atoms with E-state index >= 15 is 0 Å². The molecule has 4 heteroatoms. The van der Waals surface area contributed by atoms with Crippen LogP contribution in [0.2, 0.25) is 0 Å². The van der Waals surface area contributed by atoms with Crippen molar-refractivity contribution in [1.29, 1.82) is 0 Å². The van der Waals surface area contributed by atoms with Crippen molar-refractivity contribution < 1.29 is 0 Å². The van der Waals surface area contributed by atoms with Gasteiger partial charge in [-0.15, -0.1) is 0 Å². The number of rotatable bonds is 2. The molecule has 0 saturated heterocycles. The Hall–Kier alpha value is 0.290. The number of halogens is 1. The van der Waals surface area contributed by atoms with Crippen LogP contribution in [0.1, 0.15) is 50.8 Å². The lowest BCUT2D eigenvalue weighted by Crippen LogP contribution is -2.14. The molecule has 0 aromatic carbocycles. The first-order valence-corrected chi connectivity index (χ1v) is 7.14. The third kappa shape index (κ3) is 2.45.